The van der Waals surface area contributed by atoms with Gasteiger partial charge in [0.2, 0.25) is 5.91 Å². The van der Waals surface area contributed by atoms with Crippen molar-refractivity contribution < 1.29 is 4.79 Å². The Hall–Kier alpha value is -2.09. The molecule has 2 heteroatoms. The third-order valence-corrected chi connectivity index (χ3v) is 7.52. The summed E-state index contributed by atoms with van der Waals surface area (Å²) >= 11 is 0. The summed E-state index contributed by atoms with van der Waals surface area (Å²) in [5, 5.41) is 0. The quantitative estimate of drug-likeness (QED) is 0.813. The lowest BCUT2D eigenvalue weighted by atomic mass is 9.59. The minimum absolute atomic E-state index is 0.118. The van der Waals surface area contributed by atoms with Gasteiger partial charge >= 0.3 is 0 Å². The van der Waals surface area contributed by atoms with E-state index in [9.17, 15) is 4.79 Å². The van der Waals surface area contributed by atoms with Crippen molar-refractivity contribution in [1.29, 1.82) is 0 Å². The first-order valence-electron chi connectivity index (χ1n) is 9.52. The molecule has 2 N–H and O–H groups in total. The van der Waals surface area contributed by atoms with Crippen LogP contribution in [0.2, 0.25) is 0 Å². The molecule has 2 aromatic rings. The maximum atomic E-state index is 11.6. The maximum absolute atomic E-state index is 11.6. The summed E-state index contributed by atoms with van der Waals surface area (Å²) in [5.41, 5.74) is 11.9. The van der Waals surface area contributed by atoms with Gasteiger partial charge in [-0.1, -0.05) is 77.9 Å². The molecular formula is C24H31NO. The summed E-state index contributed by atoms with van der Waals surface area (Å²) in [4.78, 5) is 11.6. The molecule has 3 rings (SSSR count). The summed E-state index contributed by atoms with van der Waals surface area (Å²) in [6.07, 6.45) is 1.74. The number of carbonyl (C=O) groups excluding carboxylic acids is 1. The van der Waals surface area contributed by atoms with Gasteiger partial charge in [0.25, 0.3) is 0 Å². The Morgan fingerprint density at radius 3 is 2.12 bits per heavy atom. The zero-order valence-corrected chi connectivity index (χ0v) is 16.9. The fourth-order valence-corrected chi connectivity index (χ4v) is 4.52. The Kier molecular flexibility index (Phi) is 4.29. The number of primary amides is 1. The molecule has 2 aromatic carbocycles. The van der Waals surface area contributed by atoms with Crippen molar-refractivity contribution in [2.24, 2.45) is 11.1 Å². The Morgan fingerprint density at radius 1 is 0.846 bits per heavy atom. The minimum atomic E-state index is -0.348. The predicted octanol–water partition coefficient (Wildman–Crippen LogP) is 5.17. The molecule has 0 bridgehead atoms. The number of amides is 1. The smallest absolute Gasteiger partial charge is 0.248 e. The zero-order valence-electron chi connectivity index (χ0n) is 16.9. The van der Waals surface area contributed by atoms with E-state index in [0.717, 1.165) is 18.4 Å². The van der Waals surface area contributed by atoms with Crippen molar-refractivity contribution in [1.82, 2.24) is 0 Å². The molecule has 26 heavy (non-hydrogen) atoms. The first kappa shape index (κ1) is 18.7. The summed E-state index contributed by atoms with van der Waals surface area (Å²) in [7, 11) is 0. The number of hydrogen-bond acceptors (Lipinski definition) is 1. The second-order valence-electron chi connectivity index (χ2n) is 9.28. The number of fused-ring (bicyclic) bond motifs is 1. The lowest BCUT2D eigenvalue weighted by Gasteiger charge is -2.44. The van der Waals surface area contributed by atoms with Crippen LogP contribution in [-0.2, 0) is 23.7 Å². The molecule has 0 saturated heterocycles. The van der Waals surface area contributed by atoms with Crippen LogP contribution >= 0.6 is 0 Å². The Balaban J connectivity index is 1.92. The van der Waals surface area contributed by atoms with E-state index in [1.54, 1.807) is 0 Å². The minimum Gasteiger partial charge on any atom is -0.366 e. The summed E-state index contributed by atoms with van der Waals surface area (Å²) in [5.74, 6) is -0.348. The average Bonchev–Trinajstić information content (AvgIpc) is 2.68. The highest BCUT2D eigenvalue weighted by Crippen LogP contribution is 2.61. The number of carbonyl (C=O) groups is 1. The van der Waals surface area contributed by atoms with E-state index >= 15 is 0 Å². The average molecular weight is 350 g/mol. The Labute approximate surface area is 157 Å². The van der Waals surface area contributed by atoms with Crippen LogP contribution in [0.4, 0.5) is 0 Å². The molecular weight excluding hydrogens is 318 g/mol. The maximum Gasteiger partial charge on any atom is 0.248 e. The van der Waals surface area contributed by atoms with Crippen LogP contribution < -0.4 is 5.73 Å². The highest BCUT2D eigenvalue weighted by atomic mass is 16.1. The van der Waals surface area contributed by atoms with Crippen molar-refractivity contribution in [3.63, 3.8) is 0 Å². The normalized spacial score (nSPS) is 19.2. The molecule has 0 aromatic heterocycles. The molecule has 0 spiro atoms. The van der Waals surface area contributed by atoms with E-state index in [2.05, 4.69) is 59.7 Å². The molecule has 0 saturated carbocycles. The van der Waals surface area contributed by atoms with Crippen molar-refractivity contribution in [2.45, 2.75) is 65.2 Å². The SMILES string of the molecule is CC1(C)c2ccc(CCc3ccccc3C(N)=O)cc2C(C)(C)C1(C)C. The van der Waals surface area contributed by atoms with Crippen LogP contribution in [0.15, 0.2) is 42.5 Å². The molecule has 138 valence electrons. The van der Waals surface area contributed by atoms with Crippen LogP contribution in [0.25, 0.3) is 0 Å². The van der Waals surface area contributed by atoms with Crippen LogP contribution in [0.5, 0.6) is 0 Å². The molecule has 2 nitrogen and oxygen atoms in total. The van der Waals surface area contributed by atoms with Crippen molar-refractivity contribution in [3.05, 3.63) is 70.3 Å². The van der Waals surface area contributed by atoms with E-state index in [-0.39, 0.29) is 22.2 Å². The molecule has 1 amide bonds. The molecule has 1 aliphatic rings. The lowest BCUT2D eigenvalue weighted by Crippen LogP contribution is -2.42. The van der Waals surface area contributed by atoms with Gasteiger partial charge in [-0.3, -0.25) is 4.79 Å². The van der Waals surface area contributed by atoms with Crippen molar-refractivity contribution in [3.8, 4) is 0 Å². The molecule has 0 unspecified atom stereocenters. The van der Waals surface area contributed by atoms with E-state index < -0.39 is 0 Å². The molecule has 0 heterocycles. The first-order chi connectivity index (χ1) is 12.0. The van der Waals surface area contributed by atoms with Gasteiger partial charge in [0.15, 0.2) is 0 Å². The number of rotatable bonds is 4. The standard InChI is InChI=1S/C24H31NO/c1-22(2)19-14-12-16(15-20(19)23(3,4)24(22,5)6)11-13-17-9-7-8-10-18(17)21(25)26/h7-10,12,14-15H,11,13H2,1-6H3,(H2,25,26). The highest BCUT2D eigenvalue weighted by molar-refractivity contribution is 5.94. The fraction of sp³-hybridized carbons (Fsp3) is 0.458. The largest absolute Gasteiger partial charge is 0.366 e. The van der Waals surface area contributed by atoms with Gasteiger partial charge < -0.3 is 5.73 Å². The Morgan fingerprint density at radius 2 is 1.46 bits per heavy atom. The summed E-state index contributed by atoms with van der Waals surface area (Å²) in [6.45, 7) is 14.2. The molecule has 0 fully saturated rings. The van der Waals surface area contributed by atoms with Crippen LogP contribution in [0, 0.1) is 5.41 Å². The summed E-state index contributed by atoms with van der Waals surface area (Å²) in [6, 6.07) is 14.6. The second kappa shape index (κ2) is 5.97. The predicted molar refractivity (Wildman–Crippen MR) is 109 cm³/mol. The molecule has 0 radical (unpaired) electrons. The third kappa shape index (κ3) is 2.58. The lowest BCUT2D eigenvalue weighted by molar-refractivity contribution is 0.0999. The monoisotopic (exact) mass is 349 g/mol. The second-order valence-corrected chi connectivity index (χ2v) is 9.28. The van der Waals surface area contributed by atoms with Gasteiger partial charge in [-0.15, -0.1) is 0 Å². The third-order valence-electron chi connectivity index (χ3n) is 7.52. The fourth-order valence-electron chi connectivity index (χ4n) is 4.52. The van der Waals surface area contributed by atoms with Gasteiger partial charge in [-0.05, 0) is 57.4 Å². The van der Waals surface area contributed by atoms with Gasteiger partial charge in [0.1, 0.15) is 0 Å². The van der Waals surface area contributed by atoms with E-state index in [0.29, 0.717) is 5.56 Å². The van der Waals surface area contributed by atoms with Crippen LogP contribution in [-0.4, -0.2) is 5.91 Å². The Bertz CT molecular complexity index is 858. The van der Waals surface area contributed by atoms with Crippen molar-refractivity contribution in [2.75, 3.05) is 0 Å². The van der Waals surface area contributed by atoms with Gasteiger partial charge in [-0.2, -0.15) is 0 Å². The number of benzene rings is 2. The van der Waals surface area contributed by atoms with E-state index in [1.807, 2.05) is 24.3 Å². The van der Waals surface area contributed by atoms with Crippen LogP contribution in [0.1, 0.15) is 74.2 Å². The number of hydrogen-bond donors (Lipinski definition) is 1. The highest BCUT2D eigenvalue weighted by Gasteiger charge is 2.56. The number of nitrogens with two attached hydrogens (primary N) is 1. The van der Waals surface area contributed by atoms with Gasteiger partial charge in [0.05, 0.1) is 0 Å². The van der Waals surface area contributed by atoms with Crippen LogP contribution in [0.3, 0.4) is 0 Å². The molecule has 0 aliphatic heterocycles. The molecule has 1 aliphatic carbocycles. The molecule has 0 atom stereocenters. The number of aryl methyl sites for hydroxylation is 2. The topological polar surface area (TPSA) is 43.1 Å². The van der Waals surface area contributed by atoms with E-state index in [4.69, 9.17) is 5.73 Å². The first-order valence-corrected chi connectivity index (χ1v) is 9.52. The van der Waals surface area contributed by atoms with Crippen molar-refractivity contribution >= 4 is 5.91 Å². The van der Waals surface area contributed by atoms with E-state index in [1.165, 1.54) is 16.7 Å². The van der Waals surface area contributed by atoms with Gasteiger partial charge in [-0.25, -0.2) is 0 Å². The summed E-state index contributed by atoms with van der Waals surface area (Å²) < 4.78 is 0. The van der Waals surface area contributed by atoms with Gasteiger partial charge in [0, 0.05) is 5.56 Å². The zero-order chi connectivity index (χ0) is 19.3.